The van der Waals surface area contributed by atoms with Gasteiger partial charge in [0.25, 0.3) is 0 Å². The van der Waals surface area contributed by atoms with Gasteiger partial charge in [-0.2, -0.15) is 0 Å². The molecule has 7 heteroatoms. The van der Waals surface area contributed by atoms with E-state index in [9.17, 15) is 19.5 Å². The zero-order chi connectivity index (χ0) is 15.7. The Labute approximate surface area is 119 Å². The van der Waals surface area contributed by atoms with Gasteiger partial charge in [0.2, 0.25) is 0 Å². The number of aliphatic hydroxyl groups is 1. The minimum absolute atomic E-state index is 0.0123. The van der Waals surface area contributed by atoms with Crippen LogP contribution < -0.4 is 10.6 Å². The van der Waals surface area contributed by atoms with Crippen molar-refractivity contribution in [1.29, 1.82) is 0 Å². The van der Waals surface area contributed by atoms with E-state index in [0.29, 0.717) is 6.29 Å². The van der Waals surface area contributed by atoms with Crippen molar-refractivity contribution in [2.75, 3.05) is 19.9 Å². The fourth-order valence-electron chi connectivity index (χ4n) is 1.33. The topological polar surface area (TPSA) is 98.7 Å². The lowest BCUT2D eigenvalue weighted by Gasteiger charge is -2.29. The number of nitrogens with one attached hydrogen (secondary N) is 2. The predicted molar refractivity (Wildman–Crippen MR) is 75.1 cm³/mol. The molecule has 0 radical (unpaired) electrons. The Hall–Kier alpha value is -1.15. The molecule has 0 saturated heterocycles. The maximum atomic E-state index is 11.2. The summed E-state index contributed by atoms with van der Waals surface area (Å²) >= 11 is 0. The lowest BCUT2D eigenvalue weighted by atomic mass is 10.2. The molecule has 0 saturated carbocycles. The number of rotatable bonds is 11. The van der Waals surface area contributed by atoms with Crippen LogP contribution in [0.15, 0.2) is 0 Å². The van der Waals surface area contributed by atoms with Gasteiger partial charge in [0.1, 0.15) is 17.9 Å². The van der Waals surface area contributed by atoms with Crippen molar-refractivity contribution in [2.24, 2.45) is 0 Å². The second-order valence-corrected chi connectivity index (χ2v) is 4.86. The van der Waals surface area contributed by atoms with Crippen LogP contribution in [0.5, 0.6) is 0 Å². The highest BCUT2D eigenvalue weighted by atomic mass is 16.3. The molecule has 0 aromatic rings. The van der Waals surface area contributed by atoms with Crippen LogP contribution in [0.3, 0.4) is 0 Å². The number of aldehydes is 1. The van der Waals surface area contributed by atoms with Gasteiger partial charge in [-0.15, -0.1) is 0 Å². The van der Waals surface area contributed by atoms with Gasteiger partial charge in [0.15, 0.2) is 0 Å². The summed E-state index contributed by atoms with van der Waals surface area (Å²) in [6.45, 7) is 6.57. The zero-order valence-electron chi connectivity index (χ0n) is 12.5. The van der Waals surface area contributed by atoms with Crippen LogP contribution in [0, 0.1) is 0 Å². The molecule has 0 aromatic carbocycles. The molecule has 0 aliphatic rings. The molecule has 116 valence electrons. The van der Waals surface area contributed by atoms with E-state index in [2.05, 4.69) is 10.6 Å². The molecule has 0 spiro atoms. The van der Waals surface area contributed by atoms with E-state index < -0.39 is 6.04 Å². The zero-order valence-corrected chi connectivity index (χ0v) is 12.5. The Balaban J connectivity index is 4.52. The molecular weight excluding hydrogens is 262 g/mol. The van der Waals surface area contributed by atoms with E-state index >= 15 is 0 Å². The molecule has 3 N–H and O–H groups in total. The Bertz CT molecular complexity index is 312. The highest BCUT2D eigenvalue weighted by Gasteiger charge is 2.19. The molecule has 0 fully saturated rings. The van der Waals surface area contributed by atoms with E-state index in [-0.39, 0.29) is 43.6 Å². The lowest BCUT2D eigenvalue weighted by Crippen LogP contribution is -2.53. The smallest absolute Gasteiger partial charge is 0.146 e. The van der Waals surface area contributed by atoms with Crippen LogP contribution in [0.25, 0.3) is 0 Å². The van der Waals surface area contributed by atoms with Crippen LogP contribution in [0.2, 0.25) is 0 Å². The SMILES string of the molecule is CC(=O)[C@H](C)NCN(CN[C@@H](C)C(C)=O)[C@H](C=O)CO. The van der Waals surface area contributed by atoms with Crippen LogP contribution in [-0.2, 0) is 14.4 Å². The molecule has 0 amide bonds. The number of ketones is 2. The number of hydrogen-bond acceptors (Lipinski definition) is 7. The second-order valence-electron chi connectivity index (χ2n) is 4.86. The summed E-state index contributed by atoms with van der Waals surface area (Å²) in [5.74, 6) is -0.0247. The summed E-state index contributed by atoms with van der Waals surface area (Å²) in [6.07, 6.45) is 0.639. The number of aliphatic hydroxyl groups excluding tert-OH is 1. The fraction of sp³-hybridized carbons (Fsp3) is 0.769. The first kappa shape index (κ1) is 18.9. The Morgan fingerprint density at radius 3 is 1.75 bits per heavy atom. The maximum Gasteiger partial charge on any atom is 0.146 e. The maximum absolute atomic E-state index is 11.2. The van der Waals surface area contributed by atoms with Gasteiger partial charge in [-0.25, -0.2) is 0 Å². The standard InChI is InChI=1S/C13H25N3O4/c1-9(11(3)19)14-7-16(13(5-17)6-18)8-15-10(2)12(4)20/h5,9-10,13-15,18H,6-8H2,1-4H3/t9-,10-,13+/m0/s1. The third kappa shape index (κ3) is 6.85. The van der Waals surface area contributed by atoms with Crippen molar-refractivity contribution in [3.63, 3.8) is 0 Å². The Morgan fingerprint density at radius 1 is 1.10 bits per heavy atom. The Morgan fingerprint density at radius 2 is 1.50 bits per heavy atom. The molecule has 0 aliphatic carbocycles. The van der Waals surface area contributed by atoms with Crippen molar-refractivity contribution < 1.29 is 19.5 Å². The summed E-state index contributed by atoms with van der Waals surface area (Å²) in [5, 5.41) is 15.1. The summed E-state index contributed by atoms with van der Waals surface area (Å²) in [4.78, 5) is 34.9. The Kier molecular flexibility index (Phi) is 9.15. The van der Waals surface area contributed by atoms with Crippen molar-refractivity contribution >= 4 is 17.9 Å². The third-order valence-electron chi connectivity index (χ3n) is 3.23. The van der Waals surface area contributed by atoms with Gasteiger partial charge in [0, 0.05) is 0 Å². The monoisotopic (exact) mass is 287 g/mol. The van der Waals surface area contributed by atoms with E-state index in [0.717, 1.165) is 0 Å². The second kappa shape index (κ2) is 9.71. The molecule has 3 atom stereocenters. The molecule has 20 heavy (non-hydrogen) atoms. The van der Waals surface area contributed by atoms with Gasteiger partial charge < -0.3 is 9.90 Å². The highest BCUT2D eigenvalue weighted by Crippen LogP contribution is 1.96. The first-order chi connectivity index (χ1) is 9.33. The third-order valence-corrected chi connectivity index (χ3v) is 3.23. The molecule has 0 bridgehead atoms. The lowest BCUT2D eigenvalue weighted by molar-refractivity contribution is -0.119. The molecule has 0 heterocycles. The largest absolute Gasteiger partial charge is 0.394 e. The first-order valence-corrected chi connectivity index (χ1v) is 6.61. The van der Waals surface area contributed by atoms with Gasteiger partial charge in [-0.3, -0.25) is 25.1 Å². The van der Waals surface area contributed by atoms with E-state index in [4.69, 9.17) is 0 Å². The van der Waals surface area contributed by atoms with Gasteiger partial charge >= 0.3 is 0 Å². The summed E-state index contributed by atoms with van der Waals surface area (Å²) in [6, 6.07) is -1.37. The molecule has 0 aromatic heterocycles. The molecule has 0 aliphatic heterocycles. The van der Waals surface area contributed by atoms with Crippen molar-refractivity contribution in [1.82, 2.24) is 15.5 Å². The highest BCUT2D eigenvalue weighted by molar-refractivity contribution is 5.81. The minimum Gasteiger partial charge on any atom is -0.394 e. The van der Waals surface area contributed by atoms with E-state index in [1.54, 1.807) is 18.7 Å². The summed E-state index contributed by atoms with van der Waals surface area (Å²) in [5.41, 5.74) is 0. The van der Waals surface area contributed by atoms with Crippen LogP contribution in [0.4, 0.5) is 0 Å². The van der Waals surface area contributed by atoms with Gasteiger partial charge in [-0.1, -0.05) is 0 Å². The van der Waals surface area contributed by atoms with E-state index in [1.165, 1.54) is 13.8 Å². The molecule has 0 unspecified atom stereocenters. The van der Waals surface area contributed by atoms with Gasteiger partial charge in [-0.05, 0) is 27.7 Å². The van der Waals surface area contributed by atoms with E-state index in [1.807, 2.05) is 0 Å². The average molecular weight is 287 g/mol. The molecule has 0 rings (SSSR count). The van der Waals surface area contributed by atoms with Crippen LogP contribution >= 0.6 is 0 Å². The fourth-order valence-corrected chi connectivity index (χ4v) is 1.33. The van der Waals surface area contributed by atoms with Gasteiger partial charge in [0.05, 0.1) is 38.1 Å². The summed E-state index contributed by atoms with van der Waals surface area (Å²) < 4.78 is 0. The van der Waals surface area contributed by atoms with Crippen LogP contribution in [-0.4, -0.2) is 65.9 Å². The number of Topliss-reactive ketones (excluding diaryl/α,β-unsaturated/α-hetero) is 2. The number of hydrogen-bond donors (Lipinski definition) is 3. The van der Waals surface area contributed by atoms with Crippen molar-refractivity contribution in [2.45, 2.75) is 45.8 Å². The quantitative estimate of drug-likeness (QED) is 0.327. The predicted octanol–water partition coefficient (Wildman–Crippen LogP) is -1.10. The van der Waals surface area contributed by atoms with Crippen molar-refractivity contribution in [3.05, 3.63) is 0 Å². The molecular formula is C13H25N3O4. The molecule has 7 nitrogen and oxygen atoms in total. The van der Waals surface area contributed by atoms with Crippen LogP contribution in [0.1, 0.15) is 27.7 Å². The first-order valence-electron chi connectivity index (χ1n) is 6.61. The average Bonchev–Trinajstić information content (AvgIpc) is 2.40. The number of carbonyl (C=O) groups excluding carboxylic acids is 3. The van der Waals surface area contributed by atoms with Crippen molar-refractivity contribution in [3.8, 4) is 0 Å². The minimum atomic E-state index is -0.687. The number of carbonyl (C=O) groups is 3. The number of nitrogens with zero attached hydrogens (tertiary/aromatic N) is 1. The summed E-state index contributed by atoms with van der Waals surface area (Å²) in [7, 11) is 0. The normalized spacial score (nSPS) is 15.7.